The summed E-state index contributed by atoms with van der Waals surface area (Å²) in [7, 11) is 0. The van der Waals surface area contributed by atoms with Gasteiger partial charge < -0.3 is 0 Å². The third-order valence-electron chi connectivity index (χ3n) is 1.94. The van der Waals surface area contributed by atoms with E-state index in [1.54, 1.807) is 0 Å². The van der Waals surface area contributed by atoms with E-state index in [-0.39, 0.29) is 32.7 Å². The van der Waals surface area contributed by atoms with Crippen LogP contribution in [-0.2, 0) is 32.7 Å². The molecule has 1 radical (unpaired) electrons. The van der Waals surface area contributed by atoms with E-state index in [0.717, 1.165) is 16.8 Å². The molecule has 0 bridgehead atoms. The number of hydrogen-bond donors (Lipinski definition) is 0. The van der Waals surface area contributed by atoms with Gasteiger partial charge >= 0.3 is 0 Å². The third kappa shape index (κ3) is 3.07. The smallest absolute Gasteiger partial charge is 0.0922 e. The second-order valence-electron chi connectivity index (χ2n) is 2.94. The van der Waals surface area contributed by atoms with Gasteiger partial charge in [-0.05, 0) is 5.69 Å². The molecule has 0 saturated heterocycles. The van der Waals surface area contributed by atoms with Gasteiger partial charge in [0.15, 0.2) is 0 Å². The van der Waals surface area contributed by atoms with Crippen molar-refractivity contribution in [2.75, 3.05) is 0 Å². The van der Waals surface area contributed by atoms with Gasteiger partial charge in [-0.25, -0.2) is 5.10 Å². The molecule has 0 fully saturated rings. The summed E-state index contributed by atoms with van der Waals surface area (Å²) in [5.74, 6) is 0. The largest absolute Gasteiger partial charge is 0.222 e. The van der Waals surface area contributed by atoms with Gasteiger partial charge in [0.1, 0.15) is 0 Å². The third-order valence-corrected chi connectivity index (χ3v) is 2.11. The van der Waals surface area contributed by atoms with Crippen molar-refractivity contribution >= 4 is 11.6 Å². The first kappa shape index (κ1) is 12.8. The second-order valence-corrected chi connectivity index (χ2v) is 3.30. The number of nitrogens with zero attached hydrogens (tertiary/aromatic N) is 2. The maximum absolute atomic E-state index is 5.74. The fourth-order valence-electron chi connectivity index (χ4n) is 1.27. The number of hydrogen-bond acceptors (Lipinski definition) is 2. The first-order valence-corrected chi connectivity index (χ1v) is 4.62. The molecular weight excluding hydrogens is 284 g/mol. The predicted molar refractivity (Wildman–Crippen MR) is 56.1 cm³/mol. The molecule has 73 valence electrons. The molecule has 0 aliphatic carbocycles. The fourth-order valence-corrected chi connectivity index (χ4v) is 1.41. The number of rotatable bonds is 1. The summed E-state index contributed by atoms with van der Waals surface area (Å²) in [4.78, 5) is 0. The monoisotopic (exact) mass is 292 g/mol. The fraction of sp³-hybridized carbons (Fsp3) is 0.0909. The van der Waals surface area contributed by atoms with Crippen LogP contribution < -0.4 is 0 Å². The second kappa shape index (κ2) is 5.69. The summed E-state index contributed by atoms with van der Waals surface area (Å²) in [6.07, 6.45) is 0. The van der Waals surface area contributed by atoms with E-state index in [2.05, 4.69) is 16.3 Å². The number of aromatic nitrogens is 2. The molecule has 1 aromatic carbocycles. The van der Waals surface area contributed by atoms with Crippen molar-refractivity contribution in [2.24, 2.45) is 0 Å². The van der Waals surface area contributed by atoms with Gasteiger partial charge in [0.05, 0.1) is 5.15 Å². The van der Waals surface area contributed by atoms with Gasteiger partial charge in [-0.3, -0.25) is 0 Å². The van der Waals surface area contributed by atoms with Crippen LogP contribution in [0.4, 0.5) is 0 Å². The normalized spacial score (nSPS) is 9.47. The van der Waals surface area contributed by atoms with E-state index in [1.165, 1.54) is 0 Å². The van der Waals surface area contributed by atoms with Crippen molar-refractivity contribution in [3.05, 3.63) is 47.2 Å². The Morgan fingerprint density at radius 3 is 2.47 bits per heavy atom. The van der Waals surface area contributed by atoms with E-state index < -0.39 is 0 Å². The average molecular weight is 293 g/mol. The Balaban J connectivity index is 0.00000112. The molecule has 0 N–H and O–H groups in total. The number of benzene rings is 1. The Kier molecular flexibility index (Phi) is 4.84. The van der Waals surface area contributed by atoms with Gasteiger partial charge in [-0.1, -0.05) is 36.7 Å². The summed E-state index contributed by atoms with van der Waals surface area (Å²) in [5.41, 5.74) is 2.80. The van der Waals surface area contributed by atoms with E-state index in [1.807, 2.05) is 37.3 Å². The first-order chi connectivity index (χ1) is 6.77. The number of halogens is 1. The zero-order valence-corrected chi connectivity index (χ0v) is 11.8. The van der Waals surface area contributed by atoms with Crippen LogP contribution in [0.5, 0.6) is 0 Å². The summed E-state index contributed by atoms with van der Waals surface area (Å²) in [6.45, 7) is 1.89. The molecule has 2 nitrogen and oxygen atoms in total. The van der Waals surface area contributed by atoms with Crippen molar-refractivity contribution in [3.63, 3.8) is 0 Å². The van der Waals surface area contributed by atoms with E-state index >= 15 is 0 Å². The molecule has 1 aromatic heterocycles. The van der Waals surface area contributed by atoms with Crippen molar-refractivity contribution in [1.82, 2.24) is 10.2 Å². The molecule has 0 saturated carbocycles. The Morgan fingerprint density at radius 2 is 1.80 bits per heavy atom. The van der Waals surface area contributed by atoms with Crippen LogP contribution in [0, 0.1) is 13.0 Å². The summed E-state index contributed by atoms with van der Waals surface area (Å²) < 4.78 is 0. The Labute approximate surface area is 119 Å². The van der Waals surface area contributed by atoms with Crippen molar-refractivity contribution in [1.29, 1.82) is 0 Å². The summed E-state index contributed by atoms with van der Waals surface area (Å²) in [6, 6.07) is 12.9. The van der Waals surface area contributed by atoms with Gasteiger partial charge in [-0.15, -0.1) is 23.8 Å². The maximum atomic E-state index is 5.74. The van der Waals surface area contributed by atoms with Gasteiger partial charge in [0, 0.05) is 32.7 Å². The molecule has 1 heterocycles. The predicted octanol–water partition coefficient (Wildman–Crippen LogP) is 2.90. The van der Waals surface area contributed by atoms with E-state index in [0.29, 0.717) is 5.15 Å². The molecule has 15 heavy (non-hydrogen) atoms. The zero-order valence-electron chi connectivity index (χ0n) is 8.24. The minimum atomic E-state index is 0. The Hall–Kier alpha value is -0.306. The zero-order chi connectivity index (χ0) is 9.97. The molecule has 0 aliphatic rings. The Morgan fingerprint density at radius 1 is 1.13 bits per heavy atom. The molecule has 0 unspecified atom stereocenters. The van der Waals surface area contributed by atoms with Gasteiger partial charge in [-0.2, -0.15) is 10.7 Å². The minimum absolute atomic E-state index is 0. The van der Waals surface area contributed by atoms with Crippen LogP contribution in [-0.4, -0.2) is 10.2 Å². The molecule has 4 heteroatoms. The molecule has 2 aromatic rings. The summed E-state index contributed by atoms with van der Waals surface area (Å²) >= 11 is 5.74. The molecule has 0 atom stereocenters. The summed E-state index contributed by atoms with van der Waals surface area (Å²) in [5, 5.41) is 7.97. The van der Waals surface area contributed by atoms with Crippen LogP contribution in [0.25, 0.3) is 11.1 Å². The molecule has 0 aliphatic heterocycles. The maximum Gasteiger partial charge on any atom is 0.0922 e. The van der Waals surface area contributed by atoms with Crippen molar-refractivity contribution < 1.29 is 32.7 Å². The van der Waals surface area contributed by atoms with Gasteiger partial charge in [0.25, 0.3) is 0 Å². The first-order valence-electron chi connectivity index (χ1n) is 4.25. The SMILES string of the molecule is Cc1nnc(Cl)[c-]c1-c1ccccc1.[Y]. The molecule has 2 rings (SSSR count). The van der Waals surface area contributed by atoms with Crippen LogP contribution >= 0.6 is 11.6 Å². The van der Waals surface area contributed by atoms with E-state index in [9.17, 15) is 0 Å². The standard InChI is InChI=1S/C11H8ClN2.Y/c1-8-10(7-11(12)14-13-8)9-5-3-2-4-6-9;/h2-6H,1H3;/q-1;. The van der Waals surface area contributed by atoms with Gasteiger partial charge in [0.2, 0.25) is 0 Å². The van der Waals surface area contributed by atoms with Crippen LogP contribution in [0.1, 0.15) is 5.69 Å². The quantitative estimate of drug-likeness (QED) is 0.755. The van der Waals surface area contributed by atoms with Crippen molar-refractivity contribution in [2.45, 2.75) is 6.92 Å². The minimum Gasteiger partial charge on any atom is -0.222 e. The number of aryl methyl sites for hydroxylation is 1. The van der Waals surface area contributed by atoms with Crippen LogP contribution in [0.3, 0.4) is 0 Å². The average Bonchev–Trinajstić information content (AvgIpc) is 2.23. The molecule has 0 spiro atoms. The van der Waals surface area contributed by atoms with Crippen LogP contribution in [0.2, 0.25) is 5.15 Å². The Bertz CT molecular complexity index is 446. The van der Waals surface area contributed by atoms with Crippen LogP contribution in [0.15, 0.2) is 30.3 Å². The molecular formula is C11H8ClN2Y-. The topological polar surface area (TPSA) is 25.8 Å². The molecule has 0 amide bonds. The van der Waals surface area contributed by atoms with Crippen molar-refractivity contribution in [3.8, 4) is 11.1 Å². The van der Waals surface area contributed by atoms with E-state index in [4.69, 9.17) is 11.6 Å².